The summed E-state index contributed by atoms with van der Waals surface area (Å²) in [4.78, 5) is 0. The number of para-hydroxylation sites is 1. The van der Waals surface area contributed by atoms with E-state index in [0.717, 1.165) is 5.69 Å². The summed E-state index contributed by atoms with van der Waals surface area (Å²) in [6.07, 6.45) is 0. The number of nitrogens with one attached hydrogen (secondary N) is 1. The smallest absolute Gasteiger partial charge is 0.450 e. The minimum Gasteiger partial charge on any atom is -0.450 e. The van der Waals surface area contributed by atoms with Crippen molar-refractivity contribution in [1.29, 1.82) is 0 Å². The van der Waals surface area contributed by atoms with Crippen LogP contribution in [0.25, 0.3) is 0 Å². The molecule has 23 heavy (non-hydrogen) atoms. The quantitative estimate of drug-likeness (QED) is 0.518. The van der Waals surface area contributed by atoms with Crippen LogP contribution in [0.1, 0.15) is 0 Å². The van der Waals surface area contributed by atoms with Gasteiger partial charge in [-0.2, -0.15) is 0 Å². The lowest BCUT2D eigenvalue weighted by molar-refractivity contribution is 1.71. The van der Waals surface area contributed by atoms with E-state index in [9.17, 15) is 0 Å². The highest BCUT2D eigenvalue weighted by molar-refractivity contribution is 7.80. The van der Waals surface area contributed by atoms with Crippen molar-refractivity contribution in [1.82, 2.24) is 0 Å². The molecule has 0 fully saturated rings. The summed E-state index contributed by atoms with van der Waals surface area (Å²) < 4.78 is 3.28. The van der Waals surface area contributed by atoms with Crippen molar-refractivity contribution in [2.24, 2.45) is 0 Å². The molecular formula is C18H15AlCl2NP. The first-order chi connectivity index (χ1) is 11.3. The molecule has 0 spiro atoms. The third kappa shape index (κ3) is 4.30. The summed E-state index contributed by atoms with van der Waals surface area (Å²) in [7, 11) is 11.5. The molecule has 3 aromatic rings. The average molecular weight is 374 g/mol. The third-order valence-corrected chi connectivity index (χ3v) is 7.12. The molecule has 0 heterocycles. The van der Waals surface area contributed by atoms with Gasteiger partial charge in [0.15, 0.2) is 0 Å². The fraction of sp³-hybridized carbons (Fsp3) is 0. The van der Waals surface area contributed by atoms with E-state index in [4.69, 9.17) is 20.1 Å². The Kier molecular flexibility index (Phi) is 6.01. The van der Waals surface area contributed by atoms with Gasteiger partial charge in [-0.1, -0.05) is 78.9 Å². The standard InChI is InChI=1S/C18H15NP.Al.2ClH/c19-17-13-7-8-14-18(17)20(15-9-3-1-4-10-15)16-11-5-2-6-12-16;;;/h1-14,19H;;2*1H/q-1;+3;;/p-2. The molecule has 0 atom stereocenters. The van der Waals surface area contributed by atoms with Gasteiger partial charge in [0.2, 0.25) is 0 Å². The van der Waals surface area contributed by atoms with Crippen molar-refractivity contribution < 1.29 is 0 Å². The molecule has 0 amide bonds. The van der Waals surface area contributed by atoms with E-state index in [2.05, 4.69) is 71.0 Å². The lowest BCUT2D eigenvalue weighted by atomic mass is 10.3. The van der Waals surface area contributed by atoms with E-state index in [1.54, 1.807) is 0 Å². The molecule has 0 saturated heterocycles. The Labute approximate surface area is 151 Å². The van der Waals surface area contributed by atoms with E-state index in [0.29, 0.717) is 0 Å². The molecular weight excluding hydrogens is 359 g/mol. The maximum absolute atomic E-state index is 6.08. The molecule has 3 rings (SSSR count). The minimum atomic E-state index is -1.95. The van der Waals surface area contributed by atoms with Crippen molar-refractivity contribution in [3.63, 3.8) is 0 Å². The van der Waals surface area contributed by atoms with Crippen LogP contribution >= 0.6 is 28.0 Å². The SMILES string of the molecule is [Cl][Al]([Cl])[NH]c1ccccc1P(c1ccccc1)c1ccccc1. The molecule has 0 bridgehead atoms. The Morgan fingerprint density at radius 1 is 0.652 bits per heavy atom. The highest BCUT2D eigenvalue weighted by atomic mass is 35.7. The molecule has 0 saturated carbocycles. The summed E-state index contributed by atoms with van der Waals surface area (Å²) >= 11 is -1.95. The second-order valence-electron chi connectivity index (χ2n) is 4.97. The first-order valence-electron chi connectivity index (χ1n) is 7.29. The van der Waals surface area contributed by atoms with Crippen molar-refractivity contribution in [3.8, 4) is 0 Å². The zero-order valence-electron chi connectivity index (χ0n) is 12.4. The zero-order valence-corrected chi connectivity index (χ0v) is 15.9. The van der Waals surface area contributed by atoms with Crippen molar-refractivity contribution >= 4 is 62.1 Å². The number of benzene rings is 3. The zero-order chi connectivity index (χ0) is 16.1. The number of rotatable bonds is 5. The Balaban J connectivity index is 2.14. The second-order valence-corrected chi connectivity index (χ2v) is 11.3. The summed E-state index contributed by atoms with van der Waals surface area (Å²) in [5.74, 6) is 0. The van der Waals surface area contributed by atoms with Gasteiger partial charge in [0.05, 0.1) is 0 Å². The summed E-state index contributed by atoms with van der Waals surface area (Å²) in [5.41, 5.74) is 1.04. The maximum Gasteiger partial charge on any atom is 0.672 e. The van der Waals surface area contributed by atoms with Gasteiger partial charge in [-0.25, -0.2) is 20.1 Å². The Hall–Kier alpha value is -0.998. The number of hydrogen-bond acceptors (Lipinski definition) is 1. The molecule has 0 aliphatic carbocycles. The number of hydrogen-bond donors (Lipinski definition) is 1. The molecule has 1 nitrogen and oxygen atoms in total. The Morgan fingerprint density at radius 2 is 1.13 bits per heavy atom. The topological polar surface area (TPSA) is 12.0 Å². The highest BCUT2D eigenvalue weighted by Gasteiger charge is 2.21. The van der Waals surface area contributed by atoms with Crippen molar-refractivity contribution in [2.45, 2.75) is 0 Å². The lowest BCUT2D eigenvalue weighted by Gasteiger charge is -2.22. The van der Waals surface area contributed by atoms with Gasteiger partial charge in [0, 0.05) is 11.0 Å². The first-order valence-corrected chi connectivity index (χ1v) is 12.7. The first kappa shape index (κ1) is 16.8. The summed E-state index contributed by atoms with van der Waals surface area (Å²) in [5, 5.41) is 3.87. The fourth-order valence-electron chi connectivity index (χ4n) is 2.49. The van der Waals surface area contributed by atoms with E-state index in [1.807, 2.05) is 18.2 Å². The summed E-state index contributed by atoms with van der Waals surface area (Å²) in [6.45, 7) is 0. The van der Waals surface area contributed by atoms with Crippen LogP contribution in [-0.4, -0.2) is 12.5 Å². The molecule has 1 N–H and O–H groups in total. The van der Waals surface area contributed by atoms with Crippen LogP contribution in [0.5, 0.6) is 0 Å². The van der Waals surface area contributed by atoms with Crippen LogP contribution in [-0.2, 0) is 0 Å². The normalized spacial score (nSPS) is 10.6. The molecule has 0 radical (unpaired) electrons. The minimum absolute atomic E-state index is 0.655. The molecule has 0 unspecified atom stereocenters. The lowest BCUT2D eigenvalue weighted by Crippen LogP contribution is -2.25. The molecule has 114 valence electrons. The van der Waals surface area contributed by atoms with Crippen LogP contribution in [0.3, 0.4) is 0 Å². The van der Waals surface area contributed by atoms with E-state index >= 15 is 0 Å². The predicted octanol–water partition coefficient (Wildman–Crippen LogP) is 4.32. The predicted molar refractivity (Wildman–Crippen MR) is 106 cm³/mol. The molecule has 0 aliphatic rings. The van der Waals surface area contributed by atoms with Crippen LogP contribution < -0.4 is 20.2 Å². The highest BCUT2D eigenvalue weighted by Crippen LogP contribution is 2.35. The van der Waals surface area contributed by atoms with Gasteiger partial charge in [-0.3, -0.25) is 0 Å². The van der Waals surface area contributed by atoms with Gasteiger partial charge in [-0.15, -0.1) is 0 Å². The monoisotopic (exact) mass is 373 g/mol. The largest absolute Gasteiger partial charge is 0.672 e. The summed E-state index contributed by atoms with van der Waals surface area (Å²) in [6, 6.07) is 29.5. The van der Waals surface area contributed by atoms with Gasteiger partial charge in [0.25, 0.3) is 0 Å². The molecule has 3 aromatic carbocycles. The third-order valence-electron chi connectivity index (χ3n) is 3.44. The number of anilines is 1. The molecule has 0 aliphatic heterocycles. The van der Waals surface area contributed by atoms with Crippen LogP contribution in [0.4, 0.5) is 5.69 Å². The van der Waals surface area contributed by atoms with Gasteiger partial charge in [0.1, 0.15) is 0 Å². The molecule has 5 heteroatoms. The van der Waals surface area contributed by atoms with Gasteiger partial charge >= 0.3 is 12.5 Å². The fourth-order valence-corrected chi connectivity index (χ4v) is 6.21. The van der Waals surface area contributed by atoms with E-state index < -0.39 is 20.4 Å². The maximum atomic E-state index is 6.08. The van der Waals surface area contributed by atoms with E-state index in [1.165, 1.54) is 15.9 Å². The van der Waals surface area contributed by atoms with Crippen LogP contribution in [0, 0.1) is 0 Å². The second kappa shape index (κ2) is 8.20. The molecule has 0 aromatic heterocycles. The van der Waals surface area contributed by atoms with Gasteiger partial charge in [-0.05, 0) is 24.6 Å². The Bertz CT molecular complexity index is 714. The number of halogens is 2. The van der Waals surface area contributed by atoms with Crippen molar-refractivity contribution in [3.05, 3.63) is 84.9 Å². The average Bonchev–Trinajstić information content (AvgIpc) is 2.58. The van der Waals surface area contributed by atoms with Crippen LogP contribution in [0.15, 0.2) is 84.9 Å². The van der Waals surface area contributed by atoms with E-state index in [-0.39, 0.29) is 0 Å². The van der Waals surface area contributed by atoms with Crippen LogP contribution in [0.2, 0.25) is 0 Å². The van der Waals surface area contributed by atoms with Crippen molar-refractivity contribution in [2.75, 3.05) is 4.30 Å². The Morgan fingerprint density at radius 3 is 1.65 bits per heavy atom. The van der Waals surface area contributed by atoms with Gasteiger partial charge < -0.3 is 4.30 Å².